The number of hydrogen-bond acceptors (Lipinski definition) is 6. The third-order valence-electron chi connectivity index (χ3n) is 7.89. The number of rotatable bonds is 3. The first kappa shape index (κ1) is 22.8. The molecule has 3 aliphatic rings. The number of nitrogens with zero attached hydrogens (tertiary/aromatic N) is 2. The molecule has 2 aliphatic heterocycles. The van der Waals surface area contributed by atoms with Gasteiger partial charge in [-0.2, -0.15) is 0 Å². The molecule has 3 unspecified atom stereocenters. The van der Waals surface area contributed by atoms with E-state index < -0.39 is 24.0 Å². The van der Waals surface area contributed by atoms with Gasteiger partial charge in [0.1, 0.15) is 18.5 Å². The summed E-state index contributed by atoms with van der Waals surface area (Å²) < 4.78 is 21.8. The Morgan fingerprint density at radius 2 is 2.08 bits per heavy atom. The van der Waals surface area contributed by atoms with Crippen LogP contribution in [0.25, 0.3) is 22.3 Å². The van der Waals surface area contributed by atoms with Gasteiger partial charge < -0.3 is 19.7 Å². The highest BCUT2D eigenvalue weighted by atomic mass is 19.1. The van der Waals surface area contributed by atoms with Crippen LogP contribution in [0, 0.1) is 12.7 Å². The average molecular weight is 492 g/mol. The first-order valence-corrected chi connectivity index (χ1v) is 12.3. The lowest BCUT2D eigenvalue weighted by Gasteiger charge is -2.30. The molecular weight excluding hydrogens is 465 g/mol. The van der Waals surface area contributed by atoms with Crippen molar-refractivity contribution in [1.29, 1.82) is 0 Å². The van der Waals surface area contributed by atoms with Crippen LogP contribution in [-0.4, -0.2) is 32.6 Å². The van der Waals surface area contributed by atoms with Gasteiger partial charge in [0.15, 0.2) is 0 Å². The highest BCUT2D eigenvalue weighted by Crippen LogP contribution is 2.45. The van der Waals surface area contributed by atoms with E-state index in [-0.39, 0.29) is 30.5 Å². The quantitative estimate of drug-likeness (QED) is 0.427. The molecule has 4 heterocycles. The fourth-order valence-electron chi connectivity index (χ4n) is 6.01. The maximum Gasteiger partial charge on any atom is 0.313 e. The van der Waals surface area contributed by atoms with Crippen molar-refractivity contribution in [2.45, 2.75) is 71.2 Å². The molecule has 3 atom stereocenters. The fraction of sp³-hybridized carbons (Fsp3) is 0.407. The van der Waals surface area contributed by atoms with E-state index in [2.05, 4.69) is 5.32 Å². The number of cyclic esters (lactones) is 1. The minimum atomic E-state index is -1.18. The van der Waals surface area contributed by atoms with Crippen molar-refractivity contribution < 1.29 is 23.8 Å². The average Bonchev–Trinajstić information content (AvgIpc) is 3.21. The smallest absolute Gasteiger partial charge is 0.313 e. The van der Waals surface area contributed by atoms with E-state index >= 15 is 0 Å². The fourth-order valence-corrected chi connectivity index (χ4v) is 6.01. The largest absolute Gasteiger partial charge is 0.460 e. The highest BCUT2D eigenvalue weighted by Gasteiger charge is 2.37. The molecule has 6 rings (SSSR count). The Balaban J connectivity index is 1.63. The third-order valence-corrected chi connectivity index (χ3v) is 7.89. The SMILES string of the molecule is CCC1C(=O)OCc2c1cc1n(c2=O)Cc2c-1nc1cc(F)c(C)c3c1c2C(NC(=O)C(C)O)CC3. The number of fused-ring (bicyclic) bond motifs is 5. The lowest BCUT2D eigenvalue weighted by atomic mass is 9.81. The molecule has 0 spiro atoms. The number of hydrogen-bond donors (Lipinski definition) is 2. The molecule has 9 heteroatoms. The van der Waals surface area contributed by atoms with Crippen LogP contribution in [0.1, 0.15) is 72.0 Å². The third kappa shape index (κ3) is 3.08. The number of carbonyl (C=O) groups is 2. The summed E-state index contributed by atoms with van der Waals surface area (Å²) in [6.45, 7) is 5.20. The second-order valence-electron chi connectivity index (χ2n) is 9.91. The lowest BCUT2D eigenvalue weighted by Crippen LogP contribution is -2.37. The topological polar surface area (TPSA) is 111 Å². The van der Waals surface area contributed by atoms with Crippen molar-refractivity contribution in [3.05, 3.63) is 61.7 Å². The van der Waals surface area contributed by atoms with Crippen molar-refractivity contribution in [2.24, 2.45) is 0 Å². The summed E-state index contributed by atoms with van der Waals surface area (Å²) in [5.41, 5.74) is 5.50. The maximum absolute atomic E-state index is 14.9. The first-order valence-electron chi connectivity index (χ1n) is 12.3. The zero-order valence-corrected chi connectivity index (χ0v) is 20.3. The number of aliphatic hydroxyl groups excluding tert-OH is 1. The van der Waals surface area contributed by atoms with Gasteiger partial charge in [0.25, 0.3) is 5.56 Å². The van der Waals surface area contributed by atoms with E-state index in [9.17, 15) is 23.9 Å². The summed E-state index contributed by atoms with van der Waals surface area (Å²) in [6, 6.07) is 2.83. The van der Waals surface area contributed by atoms with E-state index in [0.717, 1.165) is 22.1 Å². The highest BCUT2D eigenvalue weighted by molar-refractivity contribution is 5.94. The predicted molar refractivity (Wildman–Crippen MR) is 129 cm³/mol. The van der Waals surface area contributed by atoms with Crippen LogP contribution >= 0.6 is 0 Å². The standard InChI is InChI=1S/C27H26FN3O5/c1-4-13-15-7-21-24-16(9-31(21)26(34)17(15)10-36-27(13)35)23-19(30-25(33)12(3)32)6-5-14-11(2)18(28)8-20(29-24)22(14)23/h7-8,12-13,19,32H,4-6,9-10H2,1-3H3,(H,30,33). The van der Waals surface area contributed by atoms with Crippen molar-refractivity contribution in [2.75, 3.05) is 0 Å². The summed E-state index contributed by atoms with van der Waals surface area (Å²) in [4.78, 5) is 43.2. The second-order valence-corrected chi connectivity index (χ2v) is 9.91. The van der Waals surface area contributed by atoms with Gasteiger partial charge >= 0.3 is 5.97 Å². The Hall–Kier alpha value is -3.59. The molecule has 0 bridgehead atoms. The maximum atomic E-state index is 14.9. The Morgan fingerprint density at radius 1 is 1.31 bits per heavy atom. The number of aryl methyl sites for hydroxylation is 1. The number of halogens is 1. The van der Waals surface area contributed by atoms with Gasteiger partial charge in [0.05, 0.1) is 41.0 Å². The number of aliphatic hydroxyl groups is 1. The number of ether oxygens (including phenoxy) is 1. The number of esters is 1. The van der Waals surface area contributed by atoms with Gasteiger partial charge in [0, 0.05) is 17.0 Å². The van der Waals surface area contributed by atoms with Gasteiger partial charge in [-0.3, -0.25) is 14.4 Å². The Labute approximate surface area is 206 Å². The molecule has 186 valence electrons. The van der Waals surface area contributed by atoms with Crippen LogP contribution in [0.15, 0.2) is 16.9 Å². The summed E-state index contributed by atoms with van der Waals surface area (Å²) in [5.74, 6) is -1.72. The van der Waals surface area contributed by atoms with Gasteiger partial charge in [-0.25, -0.2) is 9.37 Å². The molecule has 1 aromatic carbocycles. The van der Waals surface area contributed by atoms with E-state index in [1.54, 1.807) is 11.5 Å². The molecule has 0 fully saturated rings. The minimum absolute atomic E-state index is 0.0655. The molecule has 0 radical (unpaired) electrons. The number of amides is 1. The first-order chi connectivity index (χ1) is 17.2. The molecule has 2 aromatic heterocycles. The van der Waals surface area contributed by atoms with Gasteiger partial charge in [-0.15, -0.1) is 0 Å². The van der Waals surface area contributed by atoms with Crippen LogP contribution in [0.3, 0.4) is 0 Å². The van der Waals surface area contributed by atoms with Crippen LogP contribution in [0.2, 0.25) is 0 Å². The molecule has 36 heavy (non-hydrogen) atoms. The van der Waals surface area contributed by atoms with E-state index in [4.69, 9.17) is 9.72 Å². The molecule has 1 aliphatic carbocycles. The van der Waals surface area contributed by atoms with Crippen molar-refractivity contribution in [1.82, 2.24) is 14.9 Å². The van der Waals surface area contributed by atoms with Crippen molar-refractivity contribution in [3.8, 4) is 11.4 Å². The number of pyridine rings is 2. The van der Waals surface area contributed by atoms with Crippen LogP contribution in [0.5, 0.6) is 0 Å². The zero-order valence-electron chi connectivity index (χ0n) is 20.3. The normalized spacial score (nSPS) is 20.4. The Bertz CT molecular complexity index is 1560. The van der Waals surface area contributed by atoms with E-state index in [1.165, 1.54) is 13.0 Å². The van der Waals surface area contributed by atoms with Crippen molar-refractivity contribution >= 4 is 22.8 Å². The lowest BCUT2D eigenvalue weighted by molar-refractivity contribution is -0.148. The minimum Gasteiger partial charge on any atom is -0.460 e. The molecule has 3 aromatic rings. The number of nitrogens with one attached hydrogen (secondary N) is 1. The van der Waals surface area contributed by atoms with E-state index in [0.29, 0.717) is 52.9 Å². The zero-order chi connectivity index (χ0) is 25.5. The molecule has 1 amide bonds. The monoisotopic (exact) mass is 491 g/mol. The van der Waals surface area contributed by atoms with Gasteiger partial charge in [-0.05, 0) is 61.4 Å². The number of carbonyl (C=O) groups excluding carboxylic acids is 2. The number of benzene rings is 1. The second kappa shape index (κ2) is 7.96. The van der Waals surface area contributed by atoms with E-state index in [1.807, 2.05) is 13.0 Å². The molecule has 8 nitrogen and oxygen atoms in total. The van der Waals surface area contributed by atoms with Gasteiger partial charge in [-0.1, -0.05) is 6.92 Å². The Morgan fingerprint density at radius 3 is 2.81 bits per heavy atom. The molecule has 0 saturated heterocycles. The molecule has 0 saturated carbocycles. The van der Waals surface area contributed by atoms with Crippen LogP contribution < -0.4 is 10.9 Å². The number of aromatic nitrogens is 2. The summed E-state index contributed by atoms with van der Waals surface area (Å²) in [6.07, 6.45) is 0.404. The van der Waals surface area contributed by atoms with Crippen LogP contribution in [0.4, 0.5) is 4.39 Å². The van der Waals surface area contributed by atoms with Gasteiger partial charge in [0.2, 0.25) is 5.91 Å². The summed E-state index contributed by atoms with van der Waals surface area (Å²) in [5, 5.41) is 13.6. The summed E-state index contributed by atoms with van der Waals surface area (Å²) in [7, 11) is 0. The van der Waals surface area contributed by atoms with Crippen LogP contribution in [-0.2, 0) is 33.9 Å². The van der Waals surface area contributed by atoms with Crippen molar-refractivity contribution in [3.63, 3.8) is 0 Å². The molecular formula is C27H26FN3O5. The summed E-state index contributed by atoms with van der Waals surface area (Å²) >= 11 is 0. The predicted octanol–water partition coefficient (Wildman–Crippen LogP) is 2.91. The Kier molecular flexibility index (Phi) is 5.05. The molecule has 2 N–H and O–H groups in total.